The Kier molecular flexibility index (Phi) is 3.64. The Morgan fingerprint density at radius 1 is 1.41 bits per heavy atom. The van der Waals surface area contributed by atoms with Gasteiger partial charge in [0.15, 0.2) is 0 Å². The molecule has 0 radical (unpaired) electrons. The summed E-state index contributed by atoms with van der Waals surface area (Å²) < 4.78 is 0. The second kappa shape index (κ2) is 5.02. The van der Waals surface area contributed by atoms with Crippen molar-refractivity contribution in [1.82, 2.24) is 4.98 Å². The molecule has 2 rings (SSSR count). The van der Waals surface area contributed by atoms with Crippen molar-refractivity contribution in [2.45, 2.75) is 37.9 Å². The maximum Gasteiger partial charge on any atom is 0.0821 e. The normalized spacial score (nSPS) is 18.3. The van der Waals surface area contributed by atoms with Crippen LogP contribution in [0.25, 0.3) is 0 Å². The van der Waals surface area contributed by atoms with Crippen LogP contribution in [-0.4, -0.2) is 34.4 Å². The van der Waals surface area contributed by atoms with Gasteiger partial charge >= 0.3 is 0 Å². The van der Waals surface area contributed by atoms with Crippen LogP contribution in [0.2, 0.25) is 0 Å². The van der Waals surface area contributed by atoms with E-state index in [9.17, 15) is 10.2 Å². The average Bonchev–Trinajstić information content (AvgIpc) is 2.75. The molecule has 0 saturated heterocycles. The molecule has 4 heteroatoms. The van der Waals surface area contributed by atoms with Gasteiger partial charge in [0.05, 0.1) is 24.1 Å². The summed E-state index contributed by atoms with van der Waals surface area (Å²) in [5, 5.41) is 19.6. The molecule has 0 bridgehead atoms. The van der Waals surface area contributed by atoms with Crippen LogP contribution in [0.4, 0.5) is 5.69 Å². The fourth-order valence-electron chi connectivity index (χ4n) is 2.61. The third kappa shape index (κ3) is 2.76. The molecular weight excluding hydrogens is 216 g/mol. The highest BCUT2D eigenvalue weighted by Crippen LogP contribution is 2.31. The van der Waals surface area contributed by atoms with Gasteiger partial charge in [-0.2, -0.15) is 0 Å². The molecule has 1 fully saturated rings. The minimum atomic E-state index is -0.572. The molecule has 0 amide bonds. The van der Waals surface area contributed by atoms with E-state index in [0.29, 0.717) is 6.54 Å². The zero-order valence-corrected chi connectivity index (χ0v) is 10.3. The molecule has 1 aliphatic carbocycles. The summed E-state index contributed by atoms with van der Waals surface area (Å²) in [7, 11) is 1.94. The lowest BCUT2D eigenvalue weighted by atomic mass is 10.0. The fourth-order valence-corrected chi connectivity index (χ4v) is 2.61. The second-order valence-electron chi connectivity index (χ2n) is 4.95. The number of hydrogen-bond acceptors (Lipinski definition) is 4. The number of nitrogens with zero attached hydrogens (tertiary/aromatic N) is 2. The Hall–Kier alpha value is -1.13. The average molecular weight is 236 g/mol. The molecule has 0 aliphatic heterocycles. The molecule has 1 aliphatic rings. The third-order valence-corrected chi connectivity index (χ3v) is 3.53. The van der Waals surface area contributed by atoms with Gasteiger partial charge in [-0.1, -0.05) is 12.8 Å². The highest BCUT2D eigenvalue weighted by molar-refractivity contribution is 5.51. The SMILES string of the molecule is CN(CC1(O)CCCC1)c1cnccc1CO. The van der Waals surface area contributed by atoms with Crippen molar-refractivity contribution in [3.8, 4) is 0 Å². The first-order valence-electron chi connectivity index (χ1n) is 6.12. The molecular formula is C13H20N2O2. The number of anilines is 1. The Labute approximate surface area is 102 Å². The Morgan fingerprint density at radius 2 is 2.12 bits per heavy atom. The van der Waals surface area contributed by atoms with Crippen LogP contribution in [0.1, 0.15) is 31.2 Å². The van der Waals surface area contributed by atoms with Crippen molar-refractivity contribution >= 4 is 5.69 Å². The predicted molar refractivity (Wildman–Crippen MR) is 66.8 cm³/mol. The zero-order chi connectivity index (χ0) is 12.3. The Bertz CT molecular complexity index is 375. The number of aliphatic hydroxyl groups is 2. The number of hydrogen-bond donors (Lipinski definition) is 2. The van der Waals surface area contributed by atoms with Gasteiger partial charge in [0.2, 0.25) is 0 Å². The fraction of sp³-hybridized carbons (Fsp3) is 0.615. The third-order valence-electron chi connectivity index (χ3n) is 3.53. The highest BCUT2D eigenvalue weighted by atomic mass is 16.3. The Balaban J connectivity index is 2.11. The molecule has 94 valence electrons. The molecule has 2 N–H and O–H groups in total. The summed E-state index contributed by atoms with van der Waals surface area (Å²) in [6.45, 7) is 0.603. The number of pyridine rings is 1. The van der Waals surface area contributed by atoms with Gasteiger partial charge in [-0.15, -0.1) is 0 Å². The van der Waals surface area contributed by atoms with Gasteiger partial charge < -0.3 is 15.1 Å². The van der Waals surface area contributed by atoms with Crippen molar-refractivity contribution in [2.75, 3.05) is 18.5 Å². The first-order valence-corrected chi connectivity index (χ1v) is 6.12. The van der Waals surface area contributed by atoms with Crippen molar-refractivity contribution < 1.29 is 10.2 Å². The van der Waals surface area contributed by atoms with Crippen molar-refractivity contribution in [2.24, 2.45) is 0 Å². The molecule has 1 saturated carbocycles. The maximum absolute atomic E-state index is 10.4. The molecule has 1 aromatic rings. The van der Waals surface area contributed by atoms with E-state index in [2.05, 4.69) is 4.98 Å². The standard InChI is InChI=1S/C13H20N2O2/c1-15(10-13(17)5-2-3-6-13)12-8-14-7-4-11(12)9-16/h4,7-8,16-17H,2-3,5-6,9-10H2,1H3. The summed E-state index contributed by atoms with van der Waals surface area (Å²) >= 11 is 0. The summed E-state index contributed by atoms with van der Waals surface area (Å²) in [4.78, 5) is 6.07. The number of aliphatic hydroxyl groups excluding tert-OH is 1. The van der Waals surface area contributed by atoms with Gasteiger partial charge in [-0.05, 0) is 18.9 Å². The second-order valence-corrected chi connectivity index (χ2v) is 4.95. The van der Waals surface area contributed by atoms with Crippen LogP contribution in [0, 0.1) is 0 Å². The van der Waals surface area contributed by atoms with Crippen LogP contribution in [0.3, 0.4) is 0 Å². The largest absolute Gasteiger partial charge is 0.392 e. The van der Waals surface area contributed by atoms with Crippen LogP contribution in [0.15, 0.2) is 18.5 Å². The molecule has 0 aromatic carbocycles. The van der Waals surface area contributed by atoms with Crippen LogP contribution >= 0.6 is 0 Å². The zero-order valence-electron chi connectivity index (χ0n) is 10.3. The summed E-state index contributed by atoms with van der Waals surface area (Å²) in [5.74, 6) is 0. The predicted octanol–water partition coefficient (Wildman–Crippen LogP) is 1.32. The van der Waals surface area contributed by atoms with Crippen LogP contribution in [-0.2, 0) is 6.61 Å². The van der Waals surface area contributed by atoms with E-state index in [4.69, 9.17) is 0 Å². The molecule has 1 heterocycles. The summed E-state index contributed by atoms with van der Waals surface area (Å²) in [6, 6.07) is 1.81. The number of likely N-dealkylation sites (N-methyl/N-ethyl adjacent to an activating group) is 1. The first kappa shape index (κ1) is 12.3. The van der Waals surface area contributed by atoms with Gasteiger partial charge in [0.1, 0.15) is 0 Å². The van der Waals surface area contributed by atoms with Crippen molar-refractivity contribution in [1.29, 1.82) is 0 Å². The van der Waals surface area contributed by atoms with Crippen LogP contribution < -0.4 is 4.90 Å². The lowest BCUT2D eigenvalue weighted by molar-refractivity contribution is 0.0558. The highest BCUT2D eigenvalue weighted by Gasteiger charge is 2.32. The lowest BCUT2D eigenvalue weighted by Gasteiger charge is -2.30. The molecule has 0 unspecified atom stereocenters. The number of rotatable bonds is 4. The van der Waals surface area contributed by atoms with Gasteiger partial charge in [0, 0.05) is 25.4 Å². The quantitative estimate of drug-likeness (QED) is 0.827. The van der Waals surface area contributed by atoms with E-state index in [-0.39, 0.29) is 6.61 Å². The minimum Gasteiger partial charge on any atom is -0.392 e. The summed E-state index contributed by atoms with van der Waals surface area (Å²) in [6.07, 6.45) is 7.35. The van der Waals surface area contributed by atoms with Crippen LogP contribution in [0.5, 0.6) is 0 Å². The topological polar surface area (TPSA) is 56.6 Å². The first-order chi connectivity index (χ1) is 8.14. The van der Waals surface area contributed by atoms with Crippen molar-refractivity contribution in [3.05, 3.63) is 24.0 Å². The minimum absolute atomic E-state index is 0.000617. The molecule has 0 atom stereocenters. The van der Waals surface area contributed by atoms with E-state index in [1.807, 2.05) is 18.0 Å². The summed E-state index contributed by atoms with van der Waals surface area (Å²) in [5.41, 5.74) is 1.18. The van der Waals surface area contributed by atoms with Crippen molar-refractivity contribution in [3.63, 3.8) is 0 Å². The van der Waals surface area contributed by atoms with Gasteiger partial charge in [-0.25, -0.2) is 0 Å². The van der Waals surface area contributed by atoms with E-state index in [1.54, 1.807) is 12.4 Å². The van der Waals surface area contributed by atoms with E-state index >= 15 is 0 Å². The van der Waals surface area contributed by atoms with Gasteiger partial charge in [-0.3, -0.25) is 4.98 Å². The number of aromatic nitrogens is 1. The molecule has 4 nitrogen and oxygen atoms in total. The smallest absolute Gasteiger partial charge is 0.0821 e. The molecule has 17 heavy (non-hydrogen) atoms. The monoisotopic (exact) mass is 236 g/mol. The molecule has 0 spiro atoms. The Morgan fingerprint density at radius 3 is 2.76 bits per heavy atom. The lowest BCUT2D eigenvalue weighted by Crippen LogP contribution is -2.39. The molecule has 1 aromatic heterocycles. The van der Waals surface area contributed by atoms with E-state index in [1.165, 1.54) is 0 Å². The van der Waals surface area contributed by atoms with Gasteiger partial charge in [0.25, 0.3) is 0 Å². The van der Waals surface area contributed by atoms with E-state index in [0.717, 1.165) is 36.9 Å². The maximum atomic E-state index is 10.4. The van der Waals surface area contributed by atoms with E-state index < -0.39 is 5.60 Å².